The van der Waals surface area contributed by atoms with Crippen LogP contribution in [-0.4, -0.2) is 6.54 Å². The molecule has 1 aromatic heterocycles. The maximum absolute atomic E-state index is 3.50. The Hall–Kier alpha value is -0.340. The molecule has 12 heavy (non-hydrogen) atoms. The average molecular weight is 181 g/mol. The molecule has 1 saturated carbocycles. The third kappa shape index (κ3) is 2.08. The van der Waals surface area contributed by atoms with Crippen molar-refractivity contribution in [2.75, 3.05) is 6.54 Å². The molecule has 1 aliphatic rings. The number of hydrogen-bond donors (Lipinski definition) is 1. The van der Waals surface area contributed by atoms with Crippen LogP contribution in [0.2, 0.25) is 0 Å². The Kier molecular flexibility index (Phi) is 2.79. The van der Waals surface area contributed by atoms with E-state index in [0.717, 1.165) is 12.5 Å². The minimum absolute atomic E-state index is 0.976. The second kappa shape index (κ2) is 4.06. The first-order valence-corrected chi connectivity index (χ1v) is 5.61. The van der Waals surface area contributed by atoms with Crippen LogP contribution in [-0.2, 0) is 6.54 Å². The van der Waals surface area contributed by atoms with Gasteiger partial charge in [-0.3, -0.25) is 0 Å². The van der Waals surface area contributed by atoms with Gasteiger partial charge in [-0.05, 0) is 47.7 Å². The lowest BCUT2D eigenvalue weighted by Crippen LogP contribution is -2.26. The van der Waals surface area contributed by atoms with Crippen molar-refractivity contribution in [3.63, 3.8) is 0 Å². The third-order valence-corrected chi connectivity index (χ3v) is 3.30. The Labute approximate surface area is 77.8 Å². The highest BCUT2D eigenvalue weighted by Crippen LogP contribution is 2.25. The van der Waals surface area contributed by atoms with Crippen LogP contribution in [0.5, 0.6) is 0 Å². The van der Waals surface area contributed by atoms with Gasteiger partial charge in [-0.25, -0.2) is 0 Å². The molecule has 1 heterocycles. The maximum atomic E-state index is 3.50. The van der Waals surface area contributed by atoms with Crippen molar-refractivity contribution in [1.82, 2.24) is 5.32 Å². The number of rotatable bonds is 4. The summed E-state index contributed by atoms with van der Waals surface area (Å²) < 4.78 is 0. The first-order valence-electron chi connectivity index (χ1n) is 4.67. The molecule has 2 rings (SSSR count). The summed E-state index contributed by atoms with van der Waals surface area (Å²) in [5.74, 6) is 0.976. The van der Waals surface area contributed by atoms with E-state index in [1.165, 1.54) is 31.4 Å². The number of thiophene rings is 1. The van der Waals surface area contributed by atoms with Crippen LogP contribution in [0.3, 0.4) is 0 Å². The van der Waals surface area contributed by atoms with E-state index < -0.39 is 0 Å². The molecule has 0 bridgehead atoms. The van der Waals surface area contributed by atoms with Gasteiger partial charge >= 0.3 is 0 Å². The van der Waals surface area contributed by atoms with E-state index in [1.807, 2.05) is 0 Å². The van der Waals surface area contributed by atoms with Gasteiger partial charge in [0.15, 0.2) is 0 Å². The molecular weight excluding hydrogens is 166 g/mol. The van der Waals surface area contributed by atoms with Crippen molar-refractivity contribution in [2.24, 2.45) is 5.92 Å². The molecule has 1 nitrogen and oxygen atoms in total. The van der Waals surface area contributed by atoms with Gasteiger partial charge in [-0.1, -0.05) is 6.42 Å². The van der Waals surface area contributed by atoms with Crippen LogP contribution in [0.25, 0.3) is 0 Å². The zero-order chi connectivity index (χ0) is 8.23. The van der Waals surface area contributed by atoms with Crippen LogP contribution < -0.4 is 5.32 Å². The fraction of sp³-hybridized carbons (Fsp3) is 0.600. The van der Waals surface area contributed by atoms with Crippen LogP contribution in [0.4, 0.5) is 0 Å². The Morgan fingerprint density at radius 2 is 2.42 bits per heavy atom. The van der Waals surface area contributed by atoms with Crippen LogP contribution >= 0.6 is 11.3 Å². The minimum atomic E-state index is 0.976. The van der Waals surface area contributed by atoms with E-state index in [9.17, 15) is 0 Å². The predicted molar refractivity (Wildman–Crippen MR) is 53.4 cm³/mol. The second-order valence-electron chi connectivity index (χ2n) is 3.56. The van der Waals surface area contributed by atoms with Gasteiger partial charge in [0.05, 0.1) is 0 Å². The van der Waals surface area contributed by atoms with Crippen LogP contribution in [0, 0.1) is 5.92 Å². The smallest absolute Gasteiger partial charge is 0.0213 e. The largest absolute Gasteiger partial charge is 0.312 e. The molecule has 0 aromatic carbocycles. The van der Waals surface area contributed by atoms with Crippen LogP contribution in [0.15, 0.2) is 16.8 Å². The molecule has 1 fully saturated rings. The molecule has 0 amide bonds. The molecule has 1 aliphatic carbocycles. The molecule has 1 aromatic rings. The first-order chi connectivity index (χ1) is 5.95. The van der Waals surface area contributed by atoms with E-state index in [2.05, 4.69) is 22.1 Å². The van der Waals surface area contributed by atoms with E-state index >= 15 is 0 Å². The predicted octanol–water partition coefficient (Wildman–Crippen LogP) is 2.64. The van der Waals surface area contributed by atoms with Crippen molar-refractivity contribution in [1.29, 1.82) is 0 Å². The minimum Gasteiger partial charge on any atom is -0.312 e. The van der Waals surface area contributed by atoms with E-state index in [1.54, 1.807) is 11.3 Å². The summed E-state index contributed by atoms with van der Waals surface area (Å²) in [6.07, 6.45) is 4.33. The highest BCUT2D eigenvalue weighted by Gasteiger charge is 2.15. The van der Waals surface area contributed by atoms with Crippen molar-refractivity contribution in [2.45, 2.75) is 25.8 Å². The topological polar surface area (TPSA) is 12.0 Å². The zero-order valence-corrected chi connectivity index (χ0v) is 8.07. The summed E-state index contributed by atoms with van der Waals surface area (Å²) in [4.78, 5) is 0. The normalized spacial score (nSPS) is 17.7. The molecular formula is C10H15NS. The molecule has 0 radical (unpaired) electrons. The molecule has 0 spiro atoms. The lowest BCUT2D eigenvalue weighted by atomic mass is 9.85. The monoisotopic (exact) mass is 181 g/mol. The second-order valence-corrected chi connectivity index (χ2v) is 4.34. The Morgan fingerprint density at radius 3 is 3.00 bits per heavy atom. The Bertz CT molecular complexity index is 214. The van der Waals surface area contributed by atoms with Crippen molar-refractivity contribution >= 4 is 11.3 Å². The molecule has 0 unspecified atom stereocenters. The quantitative estimate of drug-likeness (QED) is 0.753. The van der Waals surface area contributed by atoms with Gasteiger partial charge in [-0.2, -0.15) is 11.3 Å². The summed E-state index contributed by atoms with van der Waals surface area (Å²) in [6, 6.07) is 2.19. The fourth-order valence-electron chi connectivity index (χ4n) is 1.51. The molecule has 66 valence electrons. The van der Waals surface area contributed by atoms with Crippen molar-refractivity contribution in [3.05, 3.63) is 22.4 Å². The molecule has 0 atom stereocenters. The Morgan fingerprint density at radius 1 is 1.50 bits per heavy atom. The third-order valence-electron chi connectivity index (χ3n) is 2.57. The number of nitrogens with one attached hydrogen (secondary N) is 1. The number of hydrogen-bond acceptors (Lipinski definition) is 2. The van der Waals surface area contributed by atoms with Gasteiger partial charge in [0.2, 0.25) is 0 Å². The first kappa shape index (κ1) is 8.27. The van der Waals surface area contributed by atoms with Gasteiger partial charge < -0.3 is 5.32 Å². The lowest BCUT2D eigenvalue weighted by molar-refractivity contribution is 0.301. The molecule has 1 N–H and O–H groups in total. The summed E-state index contributed by atoms with van der Waals surface area (Å²) in [5.41, 5.74) is 1.43. The summed E-state index contributed by atoms with van der Waals surface area (Å²) >= 11 is 1.78. The molecule has 2 heteroatoms. The van der Waals surface area contributed by atoms with E-state index in [4.69, 9.17) is 0 Å². The van der Waals surface area contributed by atoms with Gasteiger partial charge in [0, 0.05) is 6.54 Å². The lowest BCUT2D eigenvalue weighted by Gasteiger charge is -2.25. The Balaban J connectivity index is 1.62. The average Bonchev–Trinajstić information content (AvgIpc) is 2.46. The summed E-state index contributed by atoms with van der Waals surface area (Å²) in [6.45, 7) is 2.27. The van der Waals surface area contributed by atoms with Gasteiger partial charge in [-0.15, -0.1) is 0 Å². The van der Waals surface area contributed by atoms with Crippen molar-refractivity contribution in [3.8, 4) is 0 Å². The van der Waals surface area contributed by atoms with E-state index in [-0.39, 0.29) is 0 Å². The fourth-order valence-corrected chi connectivity index (χ4v) is 2.18. The van der Waals surface area contributed by atoms with Gasteiger partial charge in [0.1, 0.15) is 0 Å². The zero-order valence-electron chi connectivity index (χ0n) is 7.25. The molecule has 0 saturated heterocycles. The summed E-state index contributed by atoms with van der Waals surface area (Å²) in [5, 5.41) is 7.85. The van der Waals surface area contributed by atoms with Crippen molar-refractivity contribution < 1.29 is 0 Å². The van der Waals surface area contributed by atoms with Crippen LogP contribution in [0.1, 0.15) is 24.8 Å². The van der Waals surface area contributed by atoms with Gasteiger partial charge in [0.25, 0.3) is 0 Å². The highest BCUT2D eigenvalue weighted by molar-refractivity contribution is 7.07. The van der Waals surface area contributed by atoms with E-state index in [0.29, 0.717) is 0 Å². The molecule has 0 aliphatic heterocycles. The SMILES string of the molecule is c1cc(CNCC2CCC2)cs1. The maximum Gasteiger partial charge on any atom is 0.0213 e. The highest BCUT2D eigenvalue weighted by atomic mass is 32.1. The summed E-state index contributed by atoms with van der Waals surface area (Å²) in [7, 11) is 0. The standard InChI is InChI=1S/C10H15NS/c1-2-9(3-1)6-11-7-10-4-5-12-8-10/h4-5,8-9,11H,1-3,6-7H2.